The molecule has 170 valence electrons. The van der Waals surface area contributed by atoms with Crippen molar-refractivity contribution in [1.29, 1.82) is 0 Å². The molecule has 0 bridgehead atoms. The molecular weight excluding hydrogens is 426 g/mol. The molecule has 0 radical (unpaired) electrons. The van der Waals surface area contributed by atoms with E-state index in [9.17, 15) is 22.0 Å². The smallest absolute Gasteiger partial charge is 0.241 e. The monoisotopic (exact) mass is 454 g/mol. The number of carbonyl (C=O) groups excluding carboxylic acids is 1. The lowest BCUT2D eigenvalue weighted by atomic mass is 9.93. The van der Waals surface area contributed by atoms with Crippen LogP contribution in [0.25, 0.3) is 0 Å². The summed E-state index contributed by atoms with van der Waals surface area (Å²) in [5.74, 6) is -1.59. The van der Waals surface area contributed by atoms with Crippen molar-refractivity contribution in [2.45, 2.75) is 39.7 Å². The van der Waals surface area contributed by atoms with Gasteiger partial charge in [0.15, 0.2) is 0 Å². The van der Waals surface area contributed by atoms with Gasteiger partial charge in [0.2, 0.25) is 15.9 Å². The van der Waals surface area contributed by atoms with E-state index in [4.69, 9.17) is 4.74 Å². The van der Waals surface area contributed by atoms with E-state index in [1.165, 1.54) is 0 Å². The van der Waals surface area contributed by atoms with E-state index in [-0.39, 0.29) is 5.92 Å². The van der Waals surface area contributed by atoms with Crippen LogP contribution in [-0.2, 0) is 14.8 Å². The van der Waals surface area contributed by atoms with Gasteiger partial charge < -0.3 is 10.1 Å². The first-order valence-electron chi connectivity index (χ1n) is 9.75. The molecule has 0 saturated carbocycles. The maximum Gasteiger partial charge on any atom is 0.241 e. The number of nitrogens with one attached hydrogen (secondary N) is 1. The van der Waals surface area contributed by atoms with Gasteiger partial charge in [-0.05, 0) is 60.7 Å². The Hall–Kier alpha value is -2.68. The summed E-state index contributed by atoms with van der Waals surface area (Å²) in [5, 5.41) is 2.76. The van der Waals surface area contributed by atoms with Gasteiger partial charge in [0.25, 0.3) is 0 Å². The molecule has 0 aliphatic carbocycles. The minimum atomic E-state index is -3.99. The number of rotatable bonds is 8. The van der Waals surface area contributed by atoms with Crippen LogP contribution in [0.4, 0.5) is 14.5 Å². The van der Waals surface area contributed by atoms with Crippen LogP contribution in [0.5, 0.6) is 5.75 Å². The van der Waals surface area contributed by atoms with E-state index in [0.717, 1.165) is 40.8 Å². The maximum absolute atomic E-state index is 14.2. The van der Waals surface area contributed by atoms with Gasteiger partial charge in [-0.3, -0.25) is 9.10 Å². The van der Waals surface area contributed by atoms with Crippen LogP contribution in [0.15, 0.2) is 30.3 Å². The minimum absolute atomic E-state index is 0.194. The second-order valence-corrected chi connectivity index (χ2v) is 9.67. The highest BCUT2D eigenvalue weighted by molar-refractivity contribution is 7.92. The predicted octanol–water partition coefficient (Wildman–Crippen LogP) is 4.05. The lowest BCUT2D eigenvalue weighted by molar-refractivity contribution is -0.120. The Kier molecular flexibility index (Phi) is 7.64. The molecule has 2 aromatic carbocycles. The molecule has 1 atom stereocenters. The lowest BCUT2D eigenvalue weighted by Gasteiger charge is -2.25. The van der Waals surface area contributed by atoms with Gasteiger partial charge in [-0.2, -0.15) is 0 Å². The maximum atomic E-state index is 14.2. The number of aryl methyl sites for hydroxylation is 1. The second kappa shape index (κ2) is 9.64. The molecule has 2 rings (SSSR count). The molecule has 0 fully saturated rings. The van der Waals surface area contributed by atoms with Crippen LogP contribution in [0.1, 0.15) is 49.4 Å². The summed E-state index contributed by atoms with van der Waals surface area (Å²) < 4.78 is 57.8. The molecular formula is C22H28F2N2O4S. The standard InChI is InChI=1S/C22H28F2N2O4S/c1-13(2)17-11-18(14(3)9-21(17)30-5)15(4)25-22(27)12-26(31(6,28)29)20-8-7-16(23)10-19(20)24/h7-11,13,15H,12H2,1-6H3,(H,25,27)/t15-/m0/s1. The summed E-state index contributed by atoms with van der Waals surface area (Å²) in [6, 6.07) is 5.91. The topological polar surface area (TPSA) is 75.7 Å². The Balaban J connectivity index is 2.28. The number of carbonyl (C=O) groups is 1. The molecule has 0 aliphatic rings. The molecule has 0 saturated heterocycles. The molecule has 9 heteroatoms. The van der Waals surface area contributed by atoms with Gasteiger partial charge in [0.1, 0.15) is 23.9 Å². The number of benzene rings is 2. The highest BCUT2D eigenvalue weighted by Gasteiger charge is 2.25. The van der Waals surface area contributed by atoms with Gasteiger partial charge in [-0.1, -0.05) is 13.8 Å². The fourth-order valence-electron chi connectivity index (χ4n) is 3.37. The Morgan fingerprint density at radius 2 is 1.77 bits per heavy atom. The number of methoxy groups -OCH3 is 1. The molecule has 1 N–H and O–H groups in total. The first-order chi connectivity index (χ1) is 14.3. The molecule has 0 heterocycles. The largest absolute Gasteiger partial charge is 0.496 e. The fourth-order valence-corrected chi connectivity index (χ4v) is 4.23. The van der Waals surface area contributed by atoms with E-state index in [0.29, 0.717) is 10.4 Å². The van der Waals surface area contributed by atoms with Gasteiger partial charge in [0, 0.05) is 6.07 Å². The summed E-state index contributed by atoms with van der Waals surface area (Å²) in [7, 11) is -2.39. The SMILES string of the molecule is COc1cc(C)c([C@H](C)NC(=O)CN(c2ccc(F)cc2F)S(C)(=O)=O)cc1C(C)C. The van der Waals surface area contributed by atoms with Crippen LogP contribution in [-0.4, -0.2) is 34.2 Å². The summed E-state index contributed by atoms with van der Waals surface area (Å²) in [6.45, 7) is 7.09. The van der Waals surface area contributed by atoms with Gasteiger partial charge in [0.05, 0.1) is 25.1 Å². The van der Waals surface area contributed by atoms with Crippen molar-refractivity contribution in [3.63, 3.8) is 0 Å². The second-order valence-electron chi connectivity index (χ2n) is 7.76. The van der Waals surface area contributed by atoms with Crippen LogP contribution in [0.2, 0.25) is 0 Å². The average molecular weight is 455 g/mol. The number of hydrogen-bond acceptors (Lipinski definition) is 4. The van der Waals surface area contributed by atoms with Crippen LogP contribution in [0, 0.1) is 18.6 Å². The molecule has 0 unspecified atom stereocenters. The number of nitrogens with zero attached hydrogens (tertiary/aromatic N) is 1. The molecule has 1 amide bonds. The van der Waals surface area contributed by atoms with Gasteiger partial charge >= 0.3 is 0 Å². The zero-order valence-electron chi connectivity index (χ0n) is 18.5. The summed E-state index contributed by atoms with van der Waals surface area (Å²) >= 11 is 0. The number of halogens is 2. The summed E-state index contributed by atoms with van der Waals surface area (Å²) in [4.78, 5) is 12.7. The Bertz CT molecular complexity index is 1070. The third-order valence-electron chi connectivity index (χ3n) is 4.95. The summed E-state index contributed by atoms with van der Waals surface area (Å²) in [5.41, 5.74) is 2.35. The third-order valence-corrected chi connectivity index (χ3v) is 6.08. The molecule has 31 heavy (non-hydrogen) atoms. The number of anilines is 1. The van der Waals surface area contributed by atoms with Crippen molar-refractivity contribution >= 4 is 21.6 Å². The fraction of sp³-hybridized carbons (Fsp3) is 0.409. The van der Waals surface area contributed by atoms with E-state index >= 15 is 0 Å². The Labute approximate surface area is 182 Å². The van der Waals surface area contributed by atoms with Crippen molar-refractivity contribution in [3.8, 4) is 5.75 Å². The van der Waals surface area contributed by atoms with Gasteiger partial charge in [-0.15, -0.1) is 0 Å². The molecule has 0 aliphatic heterocycles. The quantitative estimate of drug-likeness (QED) is 0.653. The molecule has 6 nitrogen and oxygen atoms in total. The minimum Gasteiger partial charge on any atom is -0.496 e. The van der Waals surface area contributed by atoms with Crippen molar-refractivity contribution in [2.24, 2.45) is 0 Å². The number of amides is 1. The van der Waals surface area contributed by atoms with Crippen LogP contribution >= 0.6 is 0 Å². The van der Waals surface area contributed by atoms with Crippen molar-refractivity contribution in [1.82, 2.24) is 5.32 Å². The Morgan fingerprint density at radius 3 is 2.29 bits per heavy atom. The zero-order chi connectivity index (χ0) is 23.5. The average Bonchev–Trinajstić information content (AvgIpc) is 2.65. The number of hydrogen-bond donors (Lipinski definition) is 1. The lowest BCUT2D eigenvalue weighted by Crippen LogP contribution is -2.41. The van der Waals surface area contributed by atoms with Crippen molar-refractivity contribution < 1.29 is 26.7 Å². The number of ether oxygens (including phenoxy) is 1. The highest BCUT2D eigenvalue weighted by atomic mass is 32.2. The first-order valence-corrected chi connectivity index (χ1v) is 11.6. The van der Waals surface area contributed by atoms with Crippen molar-refractivity contribution in [3.05, 3.63) is 58.7 Å². The molecule has 0 spiro atoms. The third kappa shape index (κ3) is 5.94. The van der Waals surface area contributed by atoms with Gasteiger partial charge in [-0.25, -0.2) is 17.2 Å². The molecule has 2 aromatic rings. The van der Waals surface area contributed by atoms with Crippen LogP contribution in [0.3, 0.4) is 0 Å². The van der Waals surface area contributed by atoms with E-state index in [2.05, 4.69) is 5.32 Å². The predicted molar refractivity (Wildman–Crippen MR) is 117 cm³/mol. The highest BCUT2D eigenvalue weighted by Crippen LogP contribution is 2.32. The van der Waals surface area contributed by atoms with E-state index in [1.54, 1.807) is 14.0 Å². The zero-order valence-corrected chi connectivity index (χ0v) is 19.3. The van der Waals surface area contributed by atoms with Crippen LogP contribution < -0.4 is 14.4 Å². The Morgan fingerprint density at radius 1 is 1.13 bits per heavy atom. The van der Waals surface area contributed by atoms with E-state index in [1.807, 2.05) is 32.9 Å². The van der Waals surface area contributed by atoms with Crippen molar-refractivity contribution in [2.75, 3.05) is 24.2 Å². The normalized spacial score (nSPS) is 12.5. The first kappa shape index (κ1) is 24.6. The van der Waals surface area contributed by atoms with E-state index < -0.39 is 45.8 Å². The number of sulfonamides is 1. The summed E-state index contributed by atoms with van der Waals surface area (Å²) in [6.07, 6.45) is 0.856. The molecule has 0 aromatic heterocycles.